The van der Waals surface area contributed by atoms with Gasteiger partial charge in [0.25, 0.3) is 5.78 Å². The molecule has 3 fully saturated rings. The van der Waals surface area contributed by atoms with Crippen LogP contribution in [0.3, 0.4) is 0 Å². The molecule has 38 heavy (non-hydrogen) atoms. The molecule has 0 aromatic rings. The monoisotopic (exact) mass is 533 g/mol. The molecule has 3 amide bonds. The zero-order valence-electron chi connectivity index (χ0n) is 23.5. The number of carbonyl (C=O) groups is 5. The lowest BCUT2D eigenvalue weighted by molar-refractivity contribution is -0.153. The number of ether oxygens (including phenoxy) is 2. The van der Waals surface area contributed by atoms with Crippen molar-refractivity contribution in [3.8, 4) is 0 Å². The van der Waals surface area contributed by atoms with E-state index in [-0.39, 0.29) is 35.5 Å². The predicted octanol–water partition coefficient (Wildman–Crippen LogP) is 2.75. The summed E-state index contributed by atoms with van der Waals surface area (Å²) in [6, 6.07) is -2.78. The second-order valence-corrected chi connectivity index (χ2v) is 12.4. The average Bonchev–Trinajstić information content (AvgIpc) is 3.18. The van der Waals surface area contributed by atoms with Gasteiger partial charge in [0.2, 0.25) is 11.8 Å². The maximum absolute atomic E-state index is 14.1. The van der Waals surface area contributed by atoms with Crippen molar-refractivity contribution in [2.45, 2.75) is 96.9 Å². The number of amides is 3. The summed E-state index contributed by atoms with van der Waals surface area (Å²) in [6.45, 7) is 13.4. The van der Waals surface area contributed by atoms with E-state index in [0.717, 1.165) is 39.2 Å². The van der Waals surface area contributed by atoms with Gasteiger partial charge in [0.05, 0.1) is 7.11 Å². The van der Waals surface area contributed by atoms with Crippen molar-refractivity contribution in [3.63, 3.8) is 0 Å². The predicted molar refractivity (Wildman–Crippen MR) is 140 cm³/mol. The number of hydrogen-bond acceptors (Lipinski definition) is 7. The Balaban J connectivity index is 1.86. The number of esters is 1. The molecule has 2 N–H and O–H groups in total. The maximum atomic E-state index is 14.1. The van der Waals surface area contributed by atoms with Crippen LogP contribution in [0, 0.1) is 23.2 Å². The highest BCUT2D eigenvalue weighted by Gasteiger charge is 2.69. The minimum absolute atomic E-state index is 0.0444. The second kappa shape index (κ2) is 11.5. The van der Waals surface area contributed by atoms with E-state index < -0.39 is 47.5 Å². The number of hydrogen-bond donors (Lipinski definition) is 2. The second-order valence-electron chi connectivity index (χ2n) is 12.4. The summed E-state index contributed by atoms with van der Waals surface area (Å²) < 4.78 is 10.0. The molecule has 3 rings (SSSR count). The van der Waals surface area contributed by atoms with Crippen LogP contribution in [0.1, 0.15) is 73.1 Å². The van der Waals surface area contributed by atoms with Crippen molar-refractivity contribution in [1.29, 1.82) is 0 Å². The molecule has 3 aliphatic rings. The number of piperidine rings is 1. The lowest BCUT2D eigenvalue weighted by Crippen LogP contribution is -2.59. The Kier molecular flexibility index (Phi) is 8.93. The number of methoxy groups -OCH3 is 1. The Bertz CT molecular complexity index is 964. The van der Waals surface area contributed by atoms with Crippen LogP contribution < -0.4 is 10.6 Å². The highest BCUT2D eigenvalue weighted by Crippen LogP contribution is 2.65. The van der Waals surface area contributed by atoms with E-state index in [0.29, 0.717) is 6.54 Å². The van der Waals surface area contributed by atoms with Crippen LogP contribution >= 0.6 is 0 Å². The fraction of sp³-hybridized carbons (Fsp3) is 0.750. The van der Waals surface area contributed by atoms with E-state index in [1.165, 1.54) is 6.08 Å². The lowest BCUT2D eigenvalue weighted by Gasteiger charge is -2.37. The summed E-state index contributed by atoms with van der Waals surface area (Å²) in [6.07, 6.45) is 5.42. The van der Waals surface area contributed by atoms with E-state index in [1.807, 2.05) is 0 Å². The summed E-state index contributed by atoms with van der Waals surface area (Å²) in [7, 11) is 1.10. The Labute approximate surface area is 225 Å². The molecule has 0 radical (unpaired) electrons. The molecule has 0 bridgehead atoms. The molecule has 2 saturated carbocycles. The van der Waals surface area contributed by atoms with Crippen molar-refractivity contribution < 1.29 is 33.4 Å². The van der Waals surface area contributed by atoms with Gasteiger partial charge < -0.3 is 25.0 Å². The minimum atomic E-state index is -1.14. The molecule has 0 spiro atoms. The van der Waals surface area contributed by atoms with Gasteiger partial charge >= 0.3 is 12.1 Å². The van der Waals surface area contributed by atoms with Gasteiger partial charge in [0.1, 0.15) is 23.7 Å². The number of alkyl carbamates (subject to hydrolysis) is 1. The van der Waals surface area contributed by atoms with E-state index in [2.05, 4.69) is 35.8 Å². The van der Waals surface area contributed by atoms with E-state index in [4.69, 9.17) is 4.74 Å². The van der Waals surface area contributed by atoms with Crippen LogP contribution in [-0.2, 0) is 28.7 Å². The lowest BCUT2D eigenvalue weighted by atomic mass is 9.83. The number of carbonyl (C=O) groups excluding carboxylic acids is 5. The Morgan fingerprint density at radius 1 is 1.08 bits per heavy atom. The molecule has 10 nitrogen and oxygen atoms in total. The number of fused-ring (bicyclic) bond motifs is 1. The summed E-state index contributed by atoms with van der Waals surface area (Å²) in [5.74, 6) is -2.80. The standard InChI is InChI=1S/C28H43N3O7/c1-8-12-18(22(32)25(35)37-7)29-23(33)21-19-17(28(19,5)6)15-31(21)24(34)20(16-13-10-9-11-14-16)30-26(36)38-27(2,3)4/h8,16-21H,1,9-15H2,2-7H3,(H,29,33)(H,30,36)/t17?,18?,19?,20-,21-/m0/s1. The molecular formula is C28H43N3O7. The smallest absolute Gasteiger partial charge is 0.408 e. The topological polar surface area (TPSA) is 131 Å². The van der Waals surface area contributed by atoms with E-state index >= 15 is 0 Å². The summed E-state index contributed by atoms with van der Waals surface area (Å²) in [5, 5.41) is 5.50. The van der Waals surface area contributed by atoms with Crippen LogP contribution in [0.15, 0.2) is 12.7 Å². The van der Waals surface area contributed by atoms with Gasteiger partial charge in [-0.25, -0.2) is 9.59 Å². The molecule has 3 unspecified atom stereocenters. The molecule has 212 valence electrons. The van der Waals surface area contributed by atoms with Crippen LogP contribution in [0.25, 0.3) is 0 Å². The molecule has 1 aliphatic heterocycles. The van der Waals surface area contributed by atoms with Gasteiger partial charge in [-0.2, -0.15) is 0 Å². The first-order chi connectivity index (χ1) is 17.7. The Hall–Kier alpha value is -2.91. The number of rotatable bonds is 9. The first-order valence-electron chi connectivity index (χ1n) is 13.6. The highest BCUT2D eigenvalue weighted by atomic mass is 16.6. The Morgan fingerprint density at radius 3 is 2.26 bits per heavy atom. The number of nitrogens with zero attached hydrogens (tertiary/aromatic N) is 1. The first kappa shape index (κ1) is 29.6. The van der Waals surface area contributed by atoms with Crippen molar-refractivity contribution in [3.05, 3.63) is 12.7 Å². The van der Waals surface area contributed by atoms with E-state index in [9.17, 15) is 24.0 Å². The summed E-state index contributed by atoms with van der Waals surface area (Å²) in [4.78, 5) is 66.4. The van der Waals surface area contributed by atoms with Crippen molar-refractivity contribution in [2.24, 2.45) is 23.2 Å². The number of Topliss-reactive ketones (excluding diaryl/α,β-unsaturated/α-hetero) is 1. The zero-order valence-corrected chi connectivity index (χ0v) is 23.5. The van der Waals surface area contributed by atoms with Crippen LogP contribution in [0.5, 0.6) is 0 Å². The van der Waals surface area contributed by atoms with Gasteiger partial charge in [-0.1, -0.05) is 39.2 Å². The fourth-order valence-corrected chi connectivity index (χ4v) is 6.17. The fourth-order valence-electron chi connectivity index (χ4n) is 6.17. The number of likely N-dealkylation sites (tertiary alicyclic amines) is 1. The average molecular weight is 534 g/mol. The minimum Gasteiger partial charge on any atom is -0.463 e. The largest absolute Gasteiger partial charge is 0.463 e. The number of ketones is 1. The van der Waals surface area contributed by atoms with E-state index in [1.54, 1.807) is 25.7 Å². The van der Waals surface area contributed by atoms with Crippen molar-refractivity contribution >= 4 is 29.7 Å². The van der Waals surface area contributed by atoms with Crippen LogP contribution in [-0.4, -0.2) is 71.9 Å². The molecular weight excluding hydrogens is 490 g/mol. The first-order valence-corrected chi connectivity index (χ1v) is 13.6. The van der Waals surface area contributed by atoms with Gasteiger partial charge in [-0.15, -0.1) is 6.58 Å². The van der Waals surface area contributed by atoms with Crippen molar-refractivity contribution in [2.75, 3.05) is 13.7 Å². The normalized spacial score (nSPS) is 25.8. The SMILES string of the molecule is C=CCC(NC(=O)[C@@H]1C2C(CN1C(=O)[C@@H](NC(=O)OC(C)(C)C)C1CCCCC1)C2(C)C)C(=O)C(=O)OC. The maximum Gasteiger partial charge on any atom is 0.408 e. The Morgan fingerprint density at radius 2 is 1.71 bits per heavy atom. The van der Waals surface area contributed by atoms with Gasteiger partial charge in [-0.05, 0) is 63.2 Å². The third-order valence-electron chi connectivity index (χ3n) is 8.24. The molecule has 2 aliphatic carbocycles. The molecule has 1 saturated heterocycles. The van der Waals surface area contributed by atoms with Gasteiger partial charge in [-0.3, -0.25) is 14.4 Å². The molecule has 0 aromatic carbocycles. The molecule has 10 heteroatoms. The van der Waals surface area contributed by atoms with Crippen LogP contribution in [0.4, 0.5) is 4.79 Å². The third-order valence-corrected chi connectivity index (χ3v) is 8.24. The van der Waals surface area contributed by atoms with Gasteiger partial charge in [0, 0.05) is 6.54 Å². The summed E-state index contributed by atoms with van der Waals surface area (Å²) in [5.41, 5.74) is -0.879. The molecule has 5 atom stereocenters. The van der Waals surface area contributed by atoms with Gasteiger partial charge in [0.15, 0.2) is 0 Å². The zero-order chi connectivity index (χ0) is 28.4. The molecule has 0 aromatic heterocycles. The summed E-state index contributed by atoms with van der Waals surface area (Å²) >= 11 is 0. The number of nitrogens with one attached hydrogen (secondary N) is 2. The van der Waals surface area contributed by atoms with Crippen molar-refractivity contribution in [1.82, 2.24) is 15.5 Å². The van der Waals surface area contributed by atoms with Crippen LogP contribution in [0.2, 0.25) is 0 Å². The quantitative estimate of drug-likeness (QED) is 0.265. The molecule has 1 heterocycles. The third kappa shape index (κ3) is 6.38. The highest BCUT2D eigenvalue weighted by molar-refractivity contribution is 6.36.